The van der Waals surface area contributed by atoms with Gasteiger partial charge in [-0.3, -0.25) is 4.79 Å². The van der Waals surface area contributed by atoms with E-state index >= 15 is 0 Å². The van der Waals surface area contributed by atoms with Crippen molar-refractivity contribution in [2.75, 3.05) is 32.9 Å². The Morgan fingerprint density at radius 3 is 3.09 bits per heavy atom. The lowest BCUT2D eigenvalue weighted by Crippen LogP contribution is -2.31. The molecule has 5 heteroatoms. The van der Waals surface area contributed by atoms with E-state index in [1.54, 1.807) is 0 Å². The highest BCUT2D eigenvalue weighted by Crippen LogP contribution is 2.23. The summed E-state index contributed by atoms with van der Waals surface area (Å²) in [6.07, 6.45) is 1.98. The highest BCUT2D eigenvalue weighted by molar-refractivity contribution is 5.79. The summed E-state index contributed by atoms with van der Waals surface area (Å²) in [6, 6.07) is 6.15. The van der Waals surface area contributed by atoms with E-state index in [9.17, 15) is 4.79 Å². The molecule has 2 aliphatic heterocycles. The Bertz CT molecular complexity index is 535. The molecule has 1 aromatic rings. The summed E-state index contributed by atoms with van der Waals surface area (Å²) in [6.45, 7) is 6.58. The molecule has 0 bridgehead atoms. The second kappa shape index (κ2) is 7.79. The predicted octanol–water partition coefficient (Wildman–Crippen LogP) is 1.64. The van der Waals surface area contributed by atoms with E-state index in [0.29, 0.717) is 19.1 Å². The number of hydrogen-bond donors (Lipinski definition) is 2. The fraction of sp³-hybridized carbons (Fsp3) is 0.611. The van der Waals surface area contributed by atoms with Crippen molar-refractivity contribution in [3.8, 4) is 5.75 Å². The van der Waals surface area contributed by atoms with Gasteiger partial charge in [-0.25, -0.2) is 0 Å². The van der Waals surface area contributed by atoms with Crippen LogP contribution in [0.4, 0.5) is 0 Å². The molecule has 0 aliphatic carbocycles. The van der Waals surface area contributed by atoms with Crippen molar-refractivity contribution in [2.45, 2.75) is 26.3 Å². The van der Waals surface area contributed by atoms with Crippen molar-refractivity contribution < 1.29 is 14.3 Å². The molecule has 0 spiro atoms. The maximum absolute atomic E-state index is 12.2. The average Bonchev–Trinajstić information content (AvgIpc) is 3.25. The topological polar surface area (TPSA) is 59.6 Å². The van der Waals surface area contributed by atoms with Crippen molar-refractivity contribution in [1.29, 1.82) is 0 Å². The first-order valence-corrected chi connectivity index (χ1v) is 8.51. The number of carbonyl (C=O) groups excluding carboxylic acids is 1. The van der Waals surface area contributed by atoms with E-state index in [1.165, 1.54) is 0 Å². The third-order valence-corrected chi connectivity index (χ3v) is 4.61. The number of benzene rings is 1. The molecule has 0 saturated carbocycles. The summed E-state index contributed by atoms with van der Waals surface area (Å²) in [7, 11) is 0. The second-order valence-corrected chi connectivity index (χ2v) is 6.56. The first-order valence-electron chi connectivity index (χ1n) is 8.51. The molecule has 0 aromatic heterocycles. The third-order valence-electron chi connectivity index (χ3n) is 4.61. The minimum Gasteiger partial charge on any atom is -0.493 e. The Balaban J connectivity index is 1.57. The van der Waals surface area contributed by atoms with E-state index in [4.69, 9.17) is 9.47 Å². The van der Waals surface area contributed by atoms with Crippen LogP contribution in [0.5, 0.6) is 5.75 Å². The number of ether oxygens (including phenoxy) is 2. The molecule has 2 heterocycles. The molecule has 23 heavy (non-hydrogen) atoms. The molecule has 2 fully saturated rings. The normalized spacial score (nSPS) is 23.9. The Kier molecular flexibility index (Phi) is 5.51. The van der Waals surface area contributed by atoms with Gasteiger partial charge in [-0.2, -0.15) is 0 Å². The van der Waals surface area contributed by atoms with Gasteiger partial charge in [-0.1, -0.05) is 12.1 Å². The zero-order valence-electron chi connectivity index (χ0n) is 13.8. The van der Waals surface area contributed by atoms with Gasteiger partial charge >= 0.3 is 0 Å². The minimum absolute atomic E-state index is 0.0976. The Hall–Kier alpha value is -1.59. The molecule has 2 N–H and O–H groups in total. The number of aryl methyl sites for hydroxylation is 1. The lowest BCUT2D eigenvalue weighted by Gasteiger charge is -2.16. The first kappa shape index (κ1) is 16.3. The largest absolute Gasteiger partial charge is 0.493 e. The summed E-state index contributed by atoms with van der Waals surface area (Å²) in [5, 5.41) is 6.27. The minimum atomic E-state index is 0.0976. The zero-order chi connectivity index (χ0) is 16.1. The maximum atomic E-state index is 12.2. The monoisotopic (exact) mass is 318 g/mol. The fourth-order valence-electron chi connectivity index (χ4n) is 3.07. The Morgan fingerprint density at radius 2 is 2.35 bits per heavy atom. The van der Waals surface area contributed by atoms with Gasteiger partial charge in [-0.05, 0) is 37.9 Å². The number of amides is 1. The van der Waals surface area contributed by atoms with Crippen molar-refractivity contribution in [1.82, 2.24) is 10.6 Å². The van der Waals surface area contributed by atoms with E-state index in [0.717, 1.165) is 56.0 Å². The van der Waals surface area contributed by atoms with E-state index in [-0.39, 0.29) is 11.8 Å². The highest BCUT2D eigenvalue weighted by Gasteiger charge is 2.22. The van der Waals surface area contributed by atoms with Gasteiger partial charge < -0.3 is 20.1 Å². The SMILES string of the molecule is Cc1ccc(CNC(=O)[C@@H]2CCNC2)c(OC[C@H]2CCOC2)c1. The van der Waals surface area contributed by atoms with Crippen LogP contribution in [-0.4, -0.2) is 38.8 Å². The number of rotatable bonds is 6. The van der Waals surface area contributed by atoms with Crippen molar-refractivity contribution in [3.05, 3.63) is 29.3 Å². The molecule has 1 aromatic carbocycles. The molecule has 0 unspecified atom stereocenters. The molecule has 2 saturated heterocycles. The second-order valence-electron chi connectivity index (χ2n) is 6.56. The summed E-state index contributed by atoms with van der Waals surface area (Å²) >= 11 is 0. The first-order chi connectivity index (χ1) is 11.2. The van der Waals surface area contributed by atoms with Gasteiger partial charge in [0.1, 0.15) is 5.75 Å². The molecular formula is C18H26N2O3. The fourth-order valence-corrected chi connectivity index (χ4v) is 3.07. The molecule has 5 nitrogen and oxygen atoms in total. The van der Waals surface area contributed by atoms with Crippen molar-refractivity contribution in [2.24, 2.45) is 11.8 Å². The molecule has 126 valence electrons. The quantitative estimate of drug-likeness (QED) is 0.837. The molecule has 2 atom stereocenters. The van der Waals surface area contributed by atoms with Crippen molar-refractivity contribution >= 4 is 5.91 Å². The van der Waals surface area contributed by atoms with Gasteiger partial charge in [0, 0.05) is 31.2 Å². The van der Waals surface area contributed by atoms with Gasteiger partial charge in [0.05, 0.1) is 19.1 Å². The summed E-state index contributed by atoms with van der Waals surface area (Å²) in [5.41, 5.74) is 2.20. The molecule has 1 amide bonds. The van der Waals surface area contributed by atoms with Gasteiger partial charge in [0.25, 0.3) is 0 Å². The van der Waals surface area contributed by atoms with Crippen LogP contribution in [0, 0.1) is 18.8 Å². The number of nitrogens with one attached hydrogen (secondary N) is 2. The Morgan fingerprint density at radius 1 is 1.43 bits per heavy atom. The van der Waals surface area contributed by atoms with Crippen LogP contribution >= 0.6 is 0 Å². The third kappa shape index (κ3) is 4.45. The molecular weight excluding hydrogens is 292 g/mol. The van der Waals surface area contributed by atoms with Crippen LogP contribution in [-0.2, 0) is 16.1 Å². The lowest BCUT2D eigenvalue weighted by atomic mass is 10.1. The van der Waals surface area contributed by atoms with Crippen molar-refractivity contribution in [3.63, 3.8) is 0 Å². The van der Waals surface area contributed by atoms with E-state index in [2.05, 4.69) is 29.7 Å². The van der Waals surface area contributed by atoms with Crippen LogP contribution in [0.2, 0.25) is 0 Å². The van der Waals surface area contributed by atoms with Gasteiger partial charge in [0.15, 0.2) is 0 Å². The number of hydrogen-bond acceptors (Lipinski definition) is 4. The van der Waals surface area contributed by atoms with Gasteiger partial charge in [-0.15, -0.1) is 0 Å². The van der Waals surface area contributed by atoms with E-state index < -0.39 is 0 Å². The lowest BCUT2D eigenvalue weighted by molar-refractivity contribution is -0.124. The van der Waals surface area contributed by atoms with Crippen LogP contribution in [0.1, 0.15) is 24.0 Å². The molecule has 3 rings (SSSR count). The van der Waals surface area contributed by atoms with Crippen LogP contribution in [0.25, 0.3) is 0 Å². The maximum Gasteiger partial charge on any atom is 0.224 e. The molecule has 0 radical (unpaired) electrons. The predicted molar refractivity (Wildman–Crippen MR) is 88.4 cm³/mol. The van der Waals surface area contributed by atoms with Crippen LogP contribution in [0.3, 0.4) is 0 Å². The molecule has 2 aliphatic rings. The summed E-state index contributed by atoms with van der Waals surface area (Å²) in [4.78, 5) is 12.2. The summed E-state index contributed by atoms with van der Waals surface area (Å²) < 4.78 is 11.4. The van der Waals surface area contributed by atoms with E-state index in [1.807, 2.05) is 6.07 Å². The smallest absolute Gasteiger partial charge is 0.224 e. The number of carbonyl (C=O) groups is 1. The van der Waals surface area contributed by atoms with Crippen LogP contribution < -0.4 is 15.4 Å². The average molecular weight is 318 g/mol. The Labute approximate surface area is 137 Å². The summed E-state index contributed by atoms with van der Waals surface area (Å²) in [5.74, 6) is 1.58. The standard InChI is InChI=1S/C18H26N2O3/c1-13-2-3-15(10-20-18(21)16-4-6-19-9-16)17(8-13)23-12-14-5-7-22-11-14/h2-3,8,14,16,19H,4-7,9-12H2,1H3,(H,20,21)/t14-,16+/m0/s1. The van der Waals surface area contributed by atoms with Gasteiger partial charge in [0.2, 0.25) is 5.91 Å². The highest BCUT2D eigenvalue weighted by atomic mass is 16.5. The zero-order valence-corrected chi connectivity index (χ0v) is 13.8. The van der Waals surface area contributed by atoms with Crippen LogP contribution in [0.15, 0.2) is 18.2 Å².